The molecule has 0 saturated carbocycles. The van der Waals surface area contributed by atoms with Crippen molar-refractivity contribution in [3.63, 3.8) is 0 Å². The Labute approximate surface area is 146 Å². The third kappa shape index (κ3) is 2.49. The second-order valence-corrected chi connectivity index (χ2v) is 7.10. The van der Waals surface area contributed by atoms with Crippen LogP contribution in [0.3, 0.4) is 0 Å². The quantitative estimate of drug-likeness (QED) is 0.827. The van der Waals surface area contributed by atoms with Crippen molar-refractivity contribution in [2.24, 2.45) is 0 Å². The van der Waals surface area contributed by atoms with Crippen LogP contribution in [0.5, 0.6) is 17.2 Å². The number of benzene rings is 2. The fourth-order valence-corrected chi connectivity index (χ4v) is 3.40. The highest BCUT2D eigenvalue weighted by atomic mass is 16.5. The fraction of sp³-hybridized carbons (Fsp3) is 0.286. The van der Waals surface area contributed by atoms with Gasteiger partial charge in [-0.05, 0) is 38.5 Å². The first-order valence-corrected chi connectivity index (χ1v) is 8.40. The van der Waals surface area contributed by atoms with Crippen LogP contribution in [-0.4, -0.2) is 16.5 Å². The number of aromatic hydroxyl groups is 1. The molecule has 25 heavy (non-hydrogen) atoms. The lowest BCUT2D eigenvalue weighted by atomic mass is 9.89. The molecular formula is C21H20O4. The van der Waals surface area contributed by atoms with Crippen molar-refractivity contribution >= 4 is 11.9 Å². The molecule has 1 atom stereocenters. The number of rotatable bonds is 1. The summed E-state index contributed by atoms with van der Waals surface area (Å²) >= 11 is 0. The fourth-order valence-electron chi connectivity index (χ4n) is 3.40. The molecular weight excluding hydrogens is 316 g/mol. The summed E-state index contributed by atoms with van der Waals surface area (Å²) in [6, 6.07) is 9.66. The van der Waals surface area contributed by atoms with Crippen molar-refractivity contribution < 1.29 is 19.4 Å². The number of phenolic OH excluding ortho intramolecular Hbond substituents is 1. The highest BCUT2D eigenvalue weighted by molar-refractivity contribution is 6.05. The van der Waals surface area contributed by atoms with E-state index < -0.39 is 5.60 Å². The summed E-state index contributed by atoms with van der Waals surface area (Å²) in [5.41, 5.74) is 2.02. The van der Waals surface area contributed by atoms with Crippen LogP contribution in [0.15, 0.2) is 36.4 Å². The lowest BCUT2D eigenvalue weighted by Gasteiger charge is -2.34. The van der Waals surface area contributed by atoms with Gasteiger partial charge in [-0.15, -0.1) is 0 Å². The van der Waals surface area contributed by atoms with Gasteiger partial charge in [0.15, 0.2) is 5.78 Å². The van der Waals surface area contributed by atoms with Gasteiger partial charge in [-0.3, -0.25) is 4.79 Å². The number of phenols is 1. The molecule has 0 radical (unpaired) electrons. The Morgan fingerprint density at radius 1 is 1.16 bits per heavy atom. The first kappa shape index (κ1) is 15.8. The van der Waals surface area contributed by atoms with E-state index in [4.69, 9.17) is 9.47 Å². The van der Waals surface area contributed by atoms with Crippen LogP contribution in [0.25, 0.3) is 6.08 Å². The molecule has 2 aliphatic heterocycles. The molecule has 0 unspecified atom stereocenters. The second kappa shape index (κ2) is 5.38. The van der Waals surface area contributed by atoms with Crippen LogP contribution >= 0.6 is 0 Å². The number of ether oxygens (including phenoxy) is 2. The Hall–Kier alpha value is -2.75. The molecule has 2 aromatic rings. The van der Waals surface area contributed by atoms with Gasteiger partial charge in [-0.1, -0.05) is 30.3 Å². The predicted octanol–water partition coefficient (Wildman–Crippen LogP) is 4.59. The van der Waals surface area contributed by atoms with E-state index in [2.05, 4.69) is 0 Å². The van der Waals surface area contributed by atoms with E-state index in [-0.39, 0.29) is 29.6 Å². The molecule has 0 amide bonds. The largest absolute Gasteiger partial charge is 0.507 e. The van der Waals surface area contributed by atoms with E-state index in [0.29, 0.717) is 17.1 Å². The smallest absolute Gasteiger partial charge is 0.174 e. The molecule has 4 nitrogen and oxygen atoms in total. The summed E-state index contributed by atoms with van der Waals surface area (Å²) in [4.78, 5) is 12.8. The first-order valence-electron chi connectivity index (χ1n) is 8.40. The molecule has 4 rings (SSSR count). The maximum absolute atomic E-state index is 12.8. The van der Waals surface area contributed by atoms with Gasteiger partial charge in [0.05, 0.1) is 12.0 Å². The maximum Gasteiger partial charge on any atom is 0.174 e. The van der Waals surface area contributed by atoms with Crippen molar-refractivity contribution in [2.75, 3.05) is 0 Å². The number of hydrogen-bond donors (Lipinski definition) is 1. The Balaban J connectivity index is 1.88. The van der Waals surface area contributed by atoms with Crippen molar-refractivity contribution in [3.05, 3.63) is 58.7 Å². The minimum absolute atomic E-state index is 0.0450. The molecule has 0 bridgehead atoms. The number of Topliss-reactive ketones (excluding diaryl/α,β-unsaturated/α-hetero) is 1. The van der Waals surface area contributed by atoms with Gasteiger partial charge in [0, 0.05) is 5.56 Å². The van der Waals surface area contributed by atoms with Crippen LogP contribution in [0.1, 0.15) is 53.4 Å². The van der Waals surface area contributed by atoms with Gasteiger partial charge >= 0.3 is 0 Å². The highest BCUT2D eigenvalue weighted by Gasteiger charge is 2.37. The zero-order valence-electron chi connectivity index (χ0n) is 14.5. The van der Waals surface area contributed by atoms with Gasteiger partial charge < -0.3 is 14.6 Å². The predicted molar refractivity (Wildman–Crippen MR) is 95.3 cm³/mol. The van der Waals surface area contributed by atoms with E-state index in [1.807, 2.05) is 56.3 Å². The minimum Gasteiger partial charge on any atom is -0.507 e. The average molecular weight is 336 g/mol. The Morgan fingerprint density at radius 3 is 2.60 bits per heavy atom. The Bertz CT molecular complexity index is 894. The number of carbonyl (C=O) groups is 1. The first-order chi connectivity index (χ1) is 11.9. The molecule has 0 aliphatic carbocycles. The van der Waals surface area contributed by atoms with Gasteiger partial charge in [0.1, 0.15) is 34.5 Å². The van der Waals surface area contributed by atoms with Crippen LogP contribution in [0.4, 0.5) is 0 Å². The molecule has 4 heteroatoms. The van der Waals surface area contributed by atoms with Gasteiger partial charge in [0.25, 0.3) is 0 Å². The standard InChI is InChI=1S/C21H20O4/c1-12-18(23)17-15(22)11-16(13-7-5-4-6-8-13)24-20(17)14-9-10-21(2,3)25-19(12)14/h4-10,16,23H,11H2,1-3H3/t16-/m0/s1. The summed E-state index contributed by atoms with van der Waals surface area (Å²) < 4.78 is 12.2. The SMILES string of the molecule is Cc1c(O)c2c(c3c1OC(C)(C)C=C3)O[C@H](c1ccccc1)CC2=O. The van der Waals surface area contributed by atoms with E-state index >= 15 is 0 Å². The monoisotopic (exact) mass is 336 g/mol. The number of fused-ring (bicyclic) bond motifs is 3. The van der Waals surface area contributed by atoms with E-state index in [1.54, 1.807) is 6.92 Å². The van der Waals surface area contributed by atoms with Crippen LogP contribution in [0, 0.1) is 6.92 Å². The summed E-state index contributed by atoms with van der Waals surface area (Å²) in [5, 5.41) is 10.6. The molecule has 0 saturated heterocycles. The average Bonchev–Trinajstić information content (AvgIpc) is 2.59. The molecule has 128 valence electrons. The molecule has 0 aromatic heterocycles. The second-order valence-electron chi connectivity index (χ2n) is 7.10. The van der Waals surface area contributed by atoms with Crippen molar-refractivity contribution in [3.8, 4) is 17.2 Å². The maximum atomic E-state index is 12.8. The van der Waals surface area contributed by atoms with E-state index in [1.165, 1.54) is 0 Å². The van der Waals surface area contributed by atoms with Crippen molar-refractivity contribution in [2.45, 2.75) is 38.9 Å². The van der Waals surface area contributed by atoms with Gasteiger partial charge in [0.2, 0.25) is 0 Å². The van der Waals surface area contributed by atoms with Crippen LogP contribution in [-0.2, 0) is 0 Å². The third-order valence-electron chi connectivity index (χ3n) is 4.75. The number of hydrogen-bond acceptors (Lipinski definition) is 4. The highest BCUT2D eigenvalue weighted by Crippen LogP contribution is 2.50. The van der Waals surface area contributed by atoms with Gasteiger partial charge in [-0.25, -0.2) is 0 Å². The molecule has 2 heterocycles. The zero-order chi connectivity index (χ0) is 17.8. The zero-order valence-corrected chi connectivity index (χ0v) is 14.5. The molecule has 2 aliphatic rings. The third-order valence-corrected chi connectivity index (χ3v) is 4.75. The minimum atomic E-state index is -0.476. The lowest BCUT2D eigenvalue weighted by molar-refractivity contribution is 0.0840. The van der Waals surface area contributed by atoms with Crippen molar-refractivity contribution in [1.82, 2.24) is 0 Å². The molecule has 0 spiro atoms. The number of ketones is 1. The van der Waals surface area contributed by atoms with Crippen LogP contribution in [0.2, 0.25) is 0 Å². The van der Waals surface area contributed by atoms with Crippen molar-refractivity contribution in [1.29, 1.82) is 0 Å². The normalized spacial score (nSPS) is 20.3. The lowest BCUT2D eigenvalue weighted by Crippen LogP contribution is -2.29. The molecule has 1 N–H and O–H groups in total. The summed E-state index contributed by atoms with van der Waals surface area (Å²) in [6.45, 7) is 5.66. The van der Waals surface area contributed by atoms with Crippen LogP contribution < -0.4 is 9.47 Å². The Morgan fingerprint density at radius 2 is 1.88 bits per heavy atom. The molecule has 0 fully saturated rings. The van der Waals surface area contributed by atoms with E-state index in [9.17, 15) is 9.90 Å². The Kier molecular flexibility index (Phi) is 3.39. The number of carbonyl (C=O) groups excluding carboxylic acids is 1. The molecule has 2 aromatic carbocycles. The topological polar surface area (TPSA) is 55.8 Å². The summed E-state index contributed by atoms with van der Waals surface area (Å²) in [5.74, 6) is 0.827. The van der Waals surface area contributed by atoms with Gasteiger partial charge in [-0.2, -0.15) is 0 Å². The summed E-state index contributed by atoms with van der Waals surface area (Å²) in [6.07, 6.45) is 3.70. The summed E-state index contributed by atoms with van der Waals surface area (Å²) in [7, 11) is 0. The van der Waals surface area contributed by atoms with E-state index in [0.717, 1.165) is 11.1 Å².